The van der Waals surface area contributed by atoms with Gasteiger partial charge in [-0.15, -0.1) is 0 Å². The fourth-order valence-corrected chi connectivity index (χ4v) is 6.08. The zero-order chi connectivity index (χ0) is 24.3. The molecule has 0 aliphatic heterocycles. The number of sulfonamides is 1. The van der Waals surface area contributed by atoms with Crippen molar-refractivity contribution in [1.82, 2.24) is 4.72 Å². The minimum Gasteiger partial charge on any atom is -0.324 e. The molecule has 0 aromatic heterocycles. The zero-order valence-electron chi connectivity index (χ0n) is 19.5. The summed E-state index contributed by atoms with van der Waals surface area (Å²) in [6.45, 7) is 5.48. The topological polar surface area (TPSA) is 75.3 Å². The Morgan fingerprint density at radius 3 is 2.15 bits per heavy atom. The van der Waals surface area contributed by atoms with Gasteiger partial charge in [0.05, 0.1) is 4.90 Å². The van der Waals surface area contributed by atoms with Crippen molar-refractivity contribution in [1.29, 1.82) is 0 Å². The molecule has 0 saturated heterocycles. The molecule has 5 nitrogen and oxygen atoms in total. The quantitative estimate of drug-likeness (QED) is 0.384. The number of carbonyl (C=O) groups is 1. The summed E-state index contributed by atoms with van der Waals surface area (Å²) >= 11 is 0. The van der Waals surface area contributed by atoms with E-state index in [0.29, 0.717) is 16.8 Å². The first-order chi connectivity index (χ1) is 16.2. The lowest BCUT2D eigenvalue weighted by atomic mass is 10.1. The molecule has 0 unspecified atom stereocenters. The minimum absolute atomic E-state index is 0.217. The van der Waals surface area contributed by atoms with E-state index in [-0.39, 0.29) is 11.3 Å². The molecule has 1 amide bonds. The third-order valence-electron chi connectivity index (χ3n) is 5.82. The summed E-state index contributed by atoms with van der Waals surface area (Å²) in [6, 6.07) is 25.5. The van der Waals surface area contributed by atoms with E-state index in [2.05, 4.69) is 10.0 Å². The van der Waals surface area contributed by atoms with E-state index in [1.54, 1.807) is 13.8 Å². The van der Waals surface area contributed by atoms with Gasteiger partial charge in [0.1, 0.15) is 6.04 Å². The van der Waals surface area contributed by atoms with E-state index < -0.39 is 22.0 Å². The van der Waals surface area contributed by atoms with Gasteiger partial charge in [-0.1, -0.05) is 84.4 Å². The Balaban J connectivity index is 1.69. The maximum atomic E-state index is 13.5. The Labute approximate surface area is 200 Å². The van der Waals surface area contributed by atoms with Crippen LogP contribution >= 0.6 is 0 Å². The largest absolute Gasteiger partial charge is 0.324 e. The average molecular weight is 473 g/mol. The van der Waals surface area contributed by atoms with Crippen LogP contribution in [-0.2, 0) is 21.2 Å². The van der Waals surface area contributed by atoms with Crippen LogP contribution in [0.15, 0.2) is 89.8 Å². The fraction of sp³-hybridized carbons (Fsp3) is 0.179. The van der Waals surface area contributed by atoms with Crippen LogP contribution in [0.4, 0.5) is 5.69 Å². The molecule has 4 aromatic rings. The second-order valence-corrected chi connectivity index (χ2v) is 10.3. The first-order valence-corrected chi connectivity index (χ1v) is 12.7. The molecule has 4 rings (SSSR count). The molecule has 4 aromatic carbocycles. The number of nitrogens with one attached hydrogen (secondary N) is 2. The Hall–Kier alpha value is -3.48. The lowest BCUT2D eigenvalue weighted by Crippen LogP contribution is -2.45. The van der Waals surface area contributed by atoms with Gasteiger partial charge in [0.2, 0.25) is 15.9 Å². The highest BCUT2D eigenvalue weighted by Crippen LogP contribution is 2.25. The molecule has 0 saturated carbocycles. The van der Waals surface area contributed by atoms with Gasteiger partial charge in [-0.2, -0.15) is 4.72 Å². The summed E-state index contributed by atoms with van der Waals surface area (Å²) in [4.78, 5) is 13.7. The van der Waals surface area contributed by atoms with Crippen molar-refractivity contribution >= 4 is 32.4 Å². The van der Waals surface area contributed by atoms with Crippen molar-refractivity contribution in [3.05, 3.63) is 107 Å². The van der Waals surface area contributed by atoms with Crippen LogP contribution in [0.3, 0.4) is 0 Å². The Kier molecular flexibility index (Phi) is 6.82. The van der Waals surface area contributed by atoms with E-state index in [4.69, 9.17) is 0 Å². The monoisotopic (exact) mass is 472 g/mol. The molecule has 2 N–H and O–H groups in total. The number of anilines is 1. The third-order valence-corrected chi connectivity index (χ3v) is 7.59. The zero-order valence-corrected chi connectivity index (χ0v) is 20.3. The van der Waals surface area contributed by atoms with Crippen molar-refractivity contribution < 1.29 is 13.2 Å². The van der Waals surface area contributed by atoms with Crippen molar-refractivity contribution in [2.45, 2.75) is 38.1 Å². The Morgan fingerprint density at radius 2 is 1.44 bits per heavy atom. The van der Waals surface area contributed by atoms with Crippen molar-refractivity contribution in [2.24, 2.45) is 0 Å². The van der Waals surface area contributed by atoms with Crippen LogP contribution in [0.1, 0.15) is 22.3 Å². The van der Waals surface area contributed by atoms with Gasteiger partial charge in [0.25, 0.3) is 0 Å². The summed E-state index contributed by atoms with van der Waals surface area (Å²) in [5.74, 6) is -0.411. The highest BCUT2D eigenvalue weighted by molar-refractivity contribution is 7.89. The number of fused-ring (bicyclic) bond motifs is 1. The first kappa shape index (κ1) is 23.7. The standard InChI is InChI=1S/C28H28N2O3S/c1-19-16-20(2)27(21(3)17-19)34(32,33)30-26(18-22-10-5-4-6-11-22)28(31)29-25-15-9-13-23-12-7-8-14-24(23)25/h4-17,26,30H,18H2,1-3H3,(H,29,31)/t26-/m1/s1. The van der Waals surface area contributed by atoms with Gasteiger partial charge in [-0.25, -0.2) is 8.42 Å². The first-order valence-electron chi connectivity index (χ1n) is 11.2. The molecule has 0 aliphatic rings. The molecule has 0 spiro atoms. The number of benzene rings is 4. The molecule has 0 aliphatic carbocycles. The molecule has 0 bridgehead atoms. The number of hydrogen-bond donors (Lipinski definition) is 2. The molecule has 174 valence electrons. The predicted octanol–water partition coefficient (Wildman–Crippen LogP) is 5.29. The van der Waals surface area contributed by atoms with Crippen LogP contribution in [0.25, 0.3) is 10.8 Å². The second-order valence-electron chi connectivity index (χ2n) is 8.61. The smallest absolute Gasteiger partial charge is 0.242 e. The van der Waals surface area contributed by atoms with Crippen molar-refractivity contribution in [3.63, 3.8) is 0 Å². The summed E-state index contributed by atoms with van der Waals surface area (Å²) < 4.78 is 29.6. The van der Waals surface area contributed by atoms with Gasteiger partial charge in [-0.3, -0.25) is 4.79 Å². The van der Waals surface area contributed by atoms with Gasteiger partial charge in [-0.05, 0) is 55.3 Å². The Bertz CT molecular complexity index is 1420. The summed E-state index contributed by atoms with van der Waals surface area (Å²) in [5.41, 5.74) is 3.79. The predicted molar refractivity (Wildman–Crippen MR) is 137 cm³/mol. The normalized spacial score (nSPS) is 12.4. The highest BCUT2D eigenvalue weighted by atomic mass is 32.2. The Morgan fingerprint density at radius 1 is 0.824 bits per heavy atom. The number of hydrogen-bond acceptors (Lipinski definition) is 3. The van der Waals surface area contributed by atoms with Gasteiger partial charge >= 0.3 is 0 Å². The number of aryl methyl sites for hydroxylation is 3. The fourth-order valence-electron chi connectivity index (χ4n) is 4.43. The van der Waals surface area contributed by atoms with Crippen LogP contribution < -0.4 is 10.0 Å². The van der Waals surface area contributed by atoms with Crippen LogP contribution in [0.2, 0.25) is 0 Å². The number of carbonyl (C=O) groups excluding carboxylic acids is 1. The van der Waals surface area contributed by atoms with Gasteiger partial charge in [0.15, 0.2) is 0 Å². The molecule has 34 heavy (non-hydrogen) atoms. The summed E-state index contributed by atoms with van der Waals surface area (Å²) in [6.07, 6.45) is 0.223. The SMILES string of the molecule is Cc1cc(C)c(S(=O)(=O)N[C@H](Cc2ccccc2)C(=O)Nc2cccc3ccccc23)c(C)c1. The summed E-state index contributed by atoms with van der Waals surface area (Å²) in [7, 11) is -3.95. The van der Waals surface area contributed by atoms with Gasteiger partial charge in [0, 0.05) is 11.1 Å². The molecule has 0 fully saturated rings. The van der Waals surface area contributed by atoms with E-state index >= 15 is 0 Å². The second kappa shape index (κ2) is 9.79. The molecule has 6 heteroatoms. The van der Waals surface area contributed by atoms with E-state index in [0.717, 1.165) is 21.9 Å². The van der Waals surface area contributed by atoms with E-state index in [1.807, 2.05) is 91.9 Å². The van der Waals surface area contributed by atoms with Crippen LogP contribution in [-0.4, -0.2) is 20.4 Å². The average Bonchev–Trinajstić information content (AvgIpc) is 2.78. The maximum Gasteiger partial charge on any atom is 0.242 e. The molecule has 0 radical (unpaired) electrons. The van der Waals surface area contributed by atoms with Crippen molar-refractivity contribution in [3.8, 4) is 0 Å². The number of rotatable bonds is 7. The minimum atomic E-state index is -3.95. The molecule has 0 heterocycles. The molecule has 1 atom stereocenters. The summed E-state index contributed by atoms with van der Waals surface area (Å²) in [5, 5.41) is 4.84. The lowest BCUT2D eigenvalue weighted by molar-refractivity contribution is -0.117. The van der Waals surface area contributed by atoms with Gasteiger partial charge < -0.3 is 5.32 Å². The van der Waals surface area contributed by atoms with Crippen LogP contribution in [0, 0.1) is 20.8 Å². The maximum absolute atomic E-state index is 13.5. The third kappa shape index (κ3) is 5.19. The van der Waals surface area contributed by atoms with Crippen molar-refractivity contribution in [2.75, 3.05) is 5.32 Å². The number of amides is 1. The van der Waals surface area contributed by atoms with Crippen LogP contribution in [0.5, 0.6) is 0 Å². The highest BCUT2D eigenvalue weighted by Gasteiger charge is 2.28. The lowest BCUT2D eigenvalue weighted by Gasteiger charge is -2.21. The molecular weight excluding hydrogens is 444 g/mol. The van der Waals surface area contributed by atoms with E-state index in [1.165, 1.54) is 0 Å². The molecular formula is C28H28N2O3S. The van der Waals surface area contributed by atoms with E-state index in [9.17, 15) is 13.2 Å².